The second kappa shape index (κ2) is 6.43. The smallest absolute Gasteiger partial charge is 0.302 e. The summed E-state index contributed by atoms with van der Waals surface area (Å²) >= 11 is 0. The van der Waals surface area contributed by atoms with Crippen LogP contribution >= 0.6 is 0 Å². The van der Waals surface area contributed by atoms with Crippen LogP contribution in [0.25, 0.3) is 0 Å². The van der Waals surface area contributed by atoms with E-state index >= 15 is 0 Å². The lowest BCUT2D eigenvalue weighted by Gasteiger charge is -2.57. The molecule has 0 aromatic rings. The number of ketones is 1. The first kappa shape index (κ1) is 19.2. The summed E-state index contributed by atoms with van der Waals surface area (Å²) in [5.41, 5.74) is 1.61. The molecule has 0 spiro atoms. The predicted octanol–water partition coefficient (Wildman–Crippen LogP) is 4.06. The minimum atomic E-state index is -0.478. The topological polar surface area (TPSA) is 63.6 Å². The van der Waals surface area contributed by atoms with Gasteiger partial charge in [-0.3, -0.25) is 9.59 Å². The van der Waals surface area contributed by atoms with Gasteiger partial charge in [-0.05, 0) is 74.0 Å². The summed E-state index contributed by atoms with van der Waals surface area (Å²) in [6, 6.07) is 0. The van der Waals surface area contributed by atoms with Crippen LogP contribution in [0.3, 0.4) is 0 Å². The van der Waals surface area contributed by atoms with Crippen molar-refractivity contribution in [2.75, 3.05) is 0 Å². The monoisotopic (exact) mass is 374 g/mol. The highest BCUT2D eigenvalue weighted by molar-refractivity contribution is 5.80. The Morgan fingerprint density at radius 2 is 1.89 bits per heavy atom. The predicted molar refractivity (Wildman–Crippen MR) is 103 cm³/mol. The molecule has 8 atom stereocenters. The Balaban J connectivity index is 1.61. The number of carbonyl (C=O) groups is 2. The van der Waals surface area contributed by atoms with E-state index in [0.29, 0.717) is 17.8 Å². The van der Waals surface area contributed by atoms with E-state index in [4.69, 9.17) is 4.74 Å². The summed E-state index contributed by atoms with van der Waals surface area (Å²) in [7, 11) is 0. The lowest BCUT2D eigenvalue weighted by atomic mass is 9.47. The molecule has 0 amide bonds. The van der Waals surface area contributed by atoms with Crippen molar-refractivity contribution >= 4 is 11.8 Å². The van der Waals surface area contributed by atoms with Gasteiger partial charge < -0.3 is 9.84 Å². The molecule has 0 aromatic carbocycles. The van der Waals surface area contributed by atoms with Crippen LogP contribution < -0.4 is 0 Å². The van der Waals surface area contributed by atoms with Gasteiger partial charge in [-0.15, -0.1) is 0 Å². The van der Waals surface area contributed by atoms with Gasteiger partial charge in [-0.2, -0.15) is 0 Å². The molecule has 1 N–H and O–H groups in total. The van der Waals surface area contributed by atoms with Crippen molar-refractivity contribution in [2.45, 2.75) is 84.8 Å². The van der Waals surface area contributed by atoms with Gasteiger partial charge >= 0.3 is 5.97 Å². The zero-order valence-corrected chi connectivity index (χ0v) is 17.2. The van der Waals surface area contributed by atoms with Gasteiger partial charge in [0, 0.05) is 19.3 Å². The minimum absolute atomic E-state index is 0.0302. The number of carbonyl (C=O) groups excluding carboxylic acids is 2. The maximum Gasteiger partial charge on any atom is 0.302 e. The molecule has 4 aliphatic carbocycles. The van der Waals surface area contributed by atoms with Gasteiger partial charge in [0.1, 0.15) is 11.9 Å². The molecule has 27 heavy (non-hydrogen) atoms. The second-order valence-electron chi connectivity index (χ2n) is 10.2. The van der Waals surface area contributed by atoms with Gasteiger partial charge in [0.05, 0.1) is 6.10 Å². The summed E-state index contributed by atoms with van der Waals surface area (Å²) < 4.78 is 5.51. The van der Waals surface area contributed by atoms with Crippen molar-refractivity contribution in [3.63, 3.8) is 0 Å². The summed E-state index contributed by atoms with van der Waals surface area (Å²) in [5.74, 6) is 1.39. The number of esters is 1. The van der Waals surface area contributed by atoms with Crippen molar-refractivity contribution < 1.29 is 19.4 Å². The van der Waals surface area contributed by atoms with E-state index in [1.54, 1.807) is 6.92 Å². The van der Waals surface area contributed by atoms with E-state index in [2.05, 4.69) is 19.9 Å². The van der Waals surface area contributed by atoms with Gasteiger partial charge in [0.25, 0.3) is 0 Å². The quantitative estimate of drug-likeness (QED) is 0.585. The third-order valence-corrected chi connectivity index (χ3v) is 8.86. The summed E-state index contributed by atoms with van der Waals surface area (Å²) in [6.45, 7) is 7.83. The molecule has 4 rings (SSSR count). The molecule has 4 aliphatic rings. The van der Waals surface area contributed by atoms with Crippen LogP contribution in [0.2, 0.25) is 0 Å². The average Bonchev–Trinajstić information content (AvgIpc) is 2.85. The van der Waals surface area contributed by atoms with E-state index in [-0.39, 0.29) is 34.6 Å². The normalized spacial score (nSPS) is 48.7. The van der Waals surface area contributed by atoms with Crippen molar-refractivity contribution in [2.24, 2.45) is 34.5 Å². The van der Waals surface area contributed by atoms with Crippen LogP contribution in [0.5, 0.6) is 0 Å². The largest absolute Gasteiger partial charge is 0.462 e. The lowest BCUT2D eigenvalue weighted by Crippen LogP contribution is -2.51. The average molecular weight is 375 g/mol. The highest BCUT2D eigenvalue weighted by Gasteiger charge is 2.61. The molecule has 0 aliphatic heterocycles. The van der Waals surface area contributed by atoms with Crippen molar-refractivity contribution in [3.8, 4) is 0 Å². The van der Waals surface area contributed by atoms with E-state index in [1.807, 2.05) is 0 Å². The maximum atomic E-state index is 12.3. The van der Waals surface area contributed by atoms with E-state index in [9.17, 15) is 14.7 Å². The minimum Gasteiger partial charge on any atom is -0.462 e. The third kappa shape index (κ3) is 2.82. The number of aliphatic hydroxyl groups is 1. The third-order valence-electron chi connectivity index (χ3n) is 8.86. The van der Waals surface area contributed by atoms with E-state index in [1.165, 1.54) is 12.5 Å². The van der Waals surface area contributed by atoms with Crippen molar-refractivity contribution in [3.05, 3.63) is 11.6 Å². The molecule has 0 saturated heterocycles. The molecule has 4 heteroatoms. The van der Waals surface area contributed by atoms with Gasteiger partial charge in [0.15, 0.2) is 0 Å². The fourth-order valence-electron chi connectivity index (χ4n) is 7.71. The number of hydrogen-bond acceptors (Lipinski definition) is 4. The molecule has 150 valence electrons. The SMILES string of the molecule is CC(=O)O[C@H]1CC[C@@]2(C)C(=CC[C@H]3[C@@H]4C[C@@H](O)[C@H](C(C)=O)[C@@]4(C)CC[C@@H]32)C1. The zero-order valence-electron chi connectivity index (χ0n) is 17.2. The Morgan fingerprint density at radius 3 is 2.56 bits per heavy atom. The first-order chi connectivity index (χ1) is 12.7. The number of allylic oxidation sites excluding steroid dienone is 1. The Kier molecular flexibility index (Phi) is 4.57. The van der Waals surface area contributed by atoms with Crippen LogP contribution in [-0.4, -0.2) is 29.1 Å². The molecule has 0 heterocycles. The fourth-order valence-corrected chi connectivity index (χ4v) is 7.71. The van der Waals surface area contributed by atoms with Crippen molar-refractivity contribution in [1.82, 2.24) is 0 Å². The molecule has 0 aromatic heterocycles. The molecule has 3 fully saturated rings. The Labute approximate surface area is 162 Å². The van der Waals surface area contributed by atoms with Crippen LogP contribution in [-0.2, 0) is 14.3 Å². The second-order valence-corrected chi connectivity index (χ2v) is 10.2. The summed E-state index contributed by atoms with van der Waals surface area (Å²) in [5, 5.41) is 10.7. The van der Waals surface area contributed by atoms with Gasteiger partial charge in [-0.25, -0.2) is 0 Å². The molecule has 0 radical (unpaired) electrons. The molecule has 0 unspecified atom stereocenters. The first-order valence-electron chi connectivity index (χ1n) is 10.7. The van der Waals surface area contributed by atoms with E-state index < -0.39 is 6.10 Å². The summed E-state index contributed by atoms with van der Waals surface area (Å²) in [6.07, 6.45) is 8.85. The van der Waals surface area contributed by atoms with Crippen LogP contribution in [0.1, 0.15) is 72.6 Å². The molecule has 3 saturated carbocycles. The molecule has 4 nitrogen and oxygen atoms in total. The highest BCUT2D eigenvalue weighted by Crippen LogP contribution is 2.66. The van der Waals surface area contributed by atoms with Crippen LogP contribution in [0, 0.1) is 34.5 Å². The zero-order chi connectivity index (χ0) is 19.6. The lowest BCUT2D eigenvalue weighted by molar-refractivity contribution is -0.149. The van der Waals surface area contributed by atoms with Crippen LogP contribution in [0.4, 0.5) is 0 Å². The van der Waals surface area contributed by atoms with Crippen LogP contribution in [0.15, 0.2) is 11.6 Å². The molecular weight excluding hydrogens is 340 g/mol. The van der Waals surface area contributed by atoms with Gasteiger partial charge in [0.2, 0.25) is 0 Å². The number of hydrogen-bond donors (Lipinski definition) is 1. The number of fused-ring (bicyclic) bond motifs is 5. The fraction of sp³-hybridized carbons (Fsp3) is 0.826. The standard InChI is InChI=1S/C23H34O4/c1-13(24)21-20(26)12-19-17-6-5-15-11-16(27-14(2)25)7-9-22(15,3)18(17)8-10-23(19,21)4/h5,16-21,26H,6-12H2,1-4H3/t16-,17+,18-,19-,20+,21-,22-,23-/m0/s1. The van der Waals surface area contributed by atoms with Crippen molar-refractivity contribution in [1.29, 1.82) is 0 Å². The molecule has 0 bridgehead atoms. The van der Waals surface area contributed by atoms with E-state index in [0.717, 1.165) is 44.9 Å². The Morgan fingerprint density at radius 1 is 1.15 bits per heavy atom. The Hall–Kier alpha value is -1.16. The molecular formula is C23H34O4. The number of Topliss-reactive ketones (excluding diaryl/α,β-unsaturated/α-hetero) is 1. The number of aliphatic hydroxyl groups excluding tert-OH is 1. The summed E-state index contributed by atoms with van der Waals surface area (Å²) in [4.78, 5) is 23.6. The maximum absolute atomic E-state index is 12.3. The Bertz CT molecular complexity index is 682. The number of rotatable bonds is 2. The highest BCUT2D eigenvalue weighted by atomic mass is 16.5. The number of ether oxygens (including phenoxy) is 1. The first-order valence-corrected chi connectivity index (χ1v) is 10.7. The van der Waals surface area contributed by atoms with Gasteiger partial charge in [-0.1, -0.05) is 25.5 Å².